The van der Waals surface area contributed by atoms with E-state index in [9.17, 15) is 9.59 Å². The summed E-state index contributed by atoms with van der Waals surface area (Å²) in [6.07, 6.45) is 3.13. The summed E-state index contributed by atoms with van der Waals surface area (Å²) in [5, 5.41) is 11.8. The van der Waals surface area contributed by atoms with Crippen LogP contribution in [0.2, 0.25) is 0 Å². The van der Waals surface area contributed by atoms with Crippen molar-refractivity contribution in [2.24, 2.45) is 5.41 Å². The van der Waals surface area contributed by atoms with Crippen molar-refractivity contribution >= 4 is 11.9 Å². The highest BCUT2D eigenvalue weighted by atomic mass is 16.5. The average molecular weight is 271 g/mol. The highest BCUT2D eigenvalue weighted by Crippen LogP contribution is 2.38. The monoisotopic (exact) mass is 271 g/mol. The molecule has 5 heteroatoms. The molecule has 1 atom stereocenters. The van der Waals surface area contributed by atoms with Crippen molar-refractivity contribution < 1.29 is 19.4 Å². The van der Waals surface area contributed by atoms with Crippen molar-refractivity contribution in [3.8, 4) is 0 Å². The van der Waals surface area contributed by atoms with Gasteiger partial charge in [0.25, 0.3) is 0 Å². The second kappa shape index (κ2) is 5.90. The van der Waals surface area contributed by atoms with Gasteiger partial charge in [-0.15, -0.1) is 0 Å². The number of carboxylic acids is 1. The van der Waals surface area contributed by atoms with Crippen LogP contribution in [0.1, 0.15) is 52.9 Å². The minimum Gasteiger partial charge on any atom is -0.481 e. The minimum absolute atomic E-state index is 0.0603. The van der Waals surface area contributed by atoms with E-state index in [4.69, 9.17) is 9.84 Å². The first-order valence-corrected chi connectivity index (χ1v) is 6.75. The fourth-order valence-corrected chi connectivity index (χ4v) is 2.31. The van der Waals surface area contributed by atoms with Gasteiger partial charge in [0.15, 0.2) is 0 Å². The number of carbonyl (C=O) groups excluding carboxylic acids is 1. The van der Waals surface area contributed by atoms with Crippen molar-refractivity contribution in [2.45, 2.75) is 64.5 Å². The number of aliphatic carboxylic acids is 1. The van der Waals surface area contributed by atoms with Crippen LogP contribution in [0, 0.1) is 5.41 Å². The molecule has 0 saturated heterocycles. The van der Waals surface area contributed by atoms with Crippen LogP contribution in [-0.4, -0.2) is 35.7 Å². The first-order chi connectivity index (χ1) is 8.68. The molecule has 0 aromatic rings. The predicted octanol–water partition coefficient (Wildman–Crippen LogP) is 1.95. The van der Waals surface area contributed by atoms with Crippen LogP contribution in [0.5, 0.6) is 0 Å². The summed E-state index contributed by atoms with van der Waals surface area (Å²) < 4.78 is 5.42. The third-order valence-corrected chi connectivity index (χ3v) is 3.94. The molecular weight excluding hydrogens is 246 g/mol. The lowest BCUT2D eigenvalue weighted by Crippen LogP contribution is -2.49. The number of carboxylic acid groups (broad SMARTS) is 1. The topological polar surface area (TPSA) is 75.6 Å². The molecule has 5 nitrogen and oxygen atoms in total. The summed E-state index contributed by atoms with van der Waals surface area (Å²) >= 11 is 0. The molecule has 1 aliphatic rings. The summed E-state index contributed by atoms with van der Waals surface area (Å²) in [5.41, 5.74) is -0.608. The normalized spacial score (nSPS) is 19.4. The molecule has 1 unspecified atom stereocenters. The lowest BCUT2D eigenvalue weighted by Gasteiger charge is -2.40. The molecule has 0 aromatic carbocycles. The van der Waals surface area contributed by atoms with E-state index in [1.165, 1.54) is 0 Å². The van der Waals surface area contributed by atoms with Crippen LogP contribution < -0.4 is 5.32 Å². The molecule has 1 saturated carbocycles. The predicted molar refractivity (Wildman–Crippen MR) is 71.8 cm³/mol. The highest BCUT2D eigenvalue weighted by molar-refractivity contribution is 5.78. The zero-order chi connectivity index (χ0) is 14.7. The highest BCUT2D eigenvalue weighted by Gasteiger charge is 2.40. The number of nitrogens with one attached hydrogen (secondary N) is 1. The number of methoxy groups -OCH3 is 1. The van der Waals surface area contributed by atoms with Crippen molar-refractivity contribution in [1.29, 1.82) is 0 Å². The zero-order valence-corrected chi connectivity index (χ0v) is 12.3. The smallest absolute Gasteiger partial charge is 0.305 e. The second-order valence-electron chi connectivity index (χ2n) is 6.50. The Labute approximate surface area is 114 Å². The zero-order valence-electron chi connectivity index (χ0n) is 12.3. The number of amides is 1. The van der Waals surface area contributed by atoms with Crippen LogP contribution >= 0.6 is 0 Å². The molecule has 2 N–H and O–H groups in total. The van der Waals surface area contributed by atoms with Gasteiger partial charge in [-0.05, 0) is 24.7 Å². The standard InChI is InChI=1S/C14H25NO4/c1-13(2,3)10(8-12(17)18)15-11(16)9-14(19-4)6-5-7-14/h10H,5-9H2,1-4H3,(H,15,16)(H,17,18). The molecule has 0 aromatic heterocycles. The van der Waals surface area contributed by atoms with Gasteiger partial charge in [-0.25, -0.2) is 0 Å². The molecule has 0 aliphatic heterocycles. The molecule has 110 valence electrons. The fourth-order valence-electron chi connectivity index (χ4n) is 2.31. The third kappa shape index (κ3) is 4.49. The van der Waals surface area contributed by atoms with E-state index in [-0.39, 0.29) is 29.4 Å². The van der Waals surface area contributed by atoms with Gasteiger partial charge in [-0.3, -0.25) is 9.59 Å². The molecule has 0 heterocycles. The van der Waals surface area contributed by atoms with Gasteiger partial charge in [-0.1, -0.05) is 20.8 Å². The molecule has 19 heavy (non-hydrogen) atoms. The van der Waals surface area contributed by atoms with Crippen molar-refractivity contribution in [3.63, 3.8) is 0 Å². The van der Waals surface area contributed by atoms with Crippen LogP contribution in [0.3, 0.4) is 0 Å². The number of ether oxygens (including phenoxy) is 1. The maximum Gasteiger partial charge on any atom is 0.305 e. The largest absolute Gasteiger partial charge is 0.481 e. The first kappa shape index (κ1) is 16.0. The van der Waals surface area contributed by atoms with Gasteiger partial charge in [0.1, 0.15) is 0 Å². The summed E-state index contributed by atoms with van der Waals surface area (Å²) in [6.45, 7) is 5.78. The fraction of sp³-hybridized carbons (Fsp3) is 0.857. The number of hydrogen-bond donors (Lipinski definition) is 2. The maximum atomic E-state index is 12.1. The van der Waals surface area contributed by atoms with E-state index in [1.807, 2.05) is 20.8 Å². The third-order valence-electron chi connectivity index (χ3n) is 3.94. The average Bonchev–Trinajstić information content (AvgIpc) is 2.20. The quantitative estimate of drug-likeness (QED) is 0.774. The Hall–Kier alpha value is -1.10. The number of hydrogen-bond acceptors (Lipinski definition) is 3. The van der Waals surface area contributed by atoms with E-state index < -0.39 is 5.97 Å². The van der Waals surface area contributed by atoms with Gasteiger partial charge < -0.3 is 15.2 Å². The van der Waals surface area contributed by atoms with Crippen molar-refractivity contribution in [3.05, 3.63) is 0 Å². The van der Waals surface area contributed by atoms with E-state index in [0.29, 0.717) is 6.42 Å². The van der Waals surface area contributed by atoms with Crippen LogP contribution in [0.15, 0.2) is 0 Å². The van der Waals surface area contributed by atoms with E-state index in [0.717, 1.165) is 19.3 Å². The van der Waals surface area contributed by atoms with E-state index >= 15 is 0 Å². The van der Waals surface area contributed by atoms with E-state index in [2.05, 4.69) is 5.32 Å². The summed E-state index contributed by atoms with van der Waals surface area (Å²) in [5.74, 6) is -1.02. The van der Waals surface area contributed by atoms with Gasteiger partial charge >= 0.3 is 5.97 Å². The Morgan fingerprint density at radius 2 is 1.95 bits per heavy atom. The van der Waals surface area contributed by atoms with Crippen LogP contribution in [0.4, 0.5) is 0 Å². The van der Waals surface area contributed by atoms with Crippen molar-refractivity contribution in [1.82, 2.24) is 5.32 Å². The lowest BCUT2D eigenvalue weighted by atomic mass is 9.77. The number of carbonyl (C=O) groups is 2. The van der Waals surface area contributed by atoms with Crippen LogP contribution in [0.25, 0.3) is 0 Å². The van der Waals surface area contributed by atoms with Gasteiger partial charge in [0.2, 0.25) is 5.91 Å². The van der Waals surface area contributed by atoms with Gasteiger partial charge in [0.05, 0.1) is 18.4 Å². The Morgan fingerprint density at radius 1 is 1.37 bits per heavy atom. The summed E-state index contributed by atoms with van der Waals surface area (Å²) in [6, 6.07) is -0.369. The molecule has 1 aliphatic carbocycles. The lowest BCUT2D eigenvalue weighted by molar-refractivity contribution is -0.139. The van der Waals surface area contributed by atoms with Gasteiger partial charge in [-0.2, -0.15) is 0 Å². The van der Waals surface area contributed by atoms with Gasteiger partial charge in [0, 0.05) is 13.2 Å². The molecule has 0 bridgehead atoms. The number of rotatable bonds is 6. The molecule has 0 radical (unpaired) electrons. The first-order valence-electron chi connectivity index (χ1n) is 6.75. The second-order valence-corrected chi connectivity index (χ2v) is 6.50. The van der Waals surface area contributed by atoms with Crippen LogP contribution in [-0.2, 0) is 14.3 Å². The Balaban J connectivity index is 2.58. The Kier molecular flexibility index (Phi) is 4.96. The molecule has 1 fully saturated rings. The molecule has 1 amide bonds. The molecular formula is C14H25NO4. The SMILES string of the molecule is COC1(CC(=O)NC(CC(=O)O)C(C)(C)C)CCC1. The minimum atomic E-state index is -0.898. The Morgan fingerprint density at radius 3 is 2.26 bits per heavy atom. The Bertz CT molecular complexity index is 336. The van der Waals surface area contributed by atoms with E-state index in [1.54, 1.807) is 7.11 Å². The molecule has 1 rings (SSSR count). The maximum absolute atomic E-state index is 12.1. The summed E-state index contributed by atoms with van der Waals surface area (Å²) in [7, 11) is 1.63. The molecule has 0 spiro atoms. The van der Waals surface area contributed by atoms with Crippen molar-refractivity contribution in [2.75, 3.05) is 7.11 Å². The summed E-state index contributed by atoms with van der Waals surface area (Å²) in [4.78, 5) is 22.9.